The van der Waals surface area contributed by atoms with Crippen LogP contribution in [0.25, 0.3) is 65.0 Å². The summed E-state index contributed by atoms with van der Waals surface area (Å²) in [7, 11) is 0. The van der Waals surface area contributed by atoms with Crippen molar-refractivity contribution >= 4 is 65.4 Å². The van der Waals surface area contributed by atoms with Crippen molar-refractivity contribution < 1.29 is 22.8 Å². The molecule has 0 saturated carbocycles. The summed E-state index contributed by atoms with van der Waals surface area (Å²) < 4.78 is 38.0. The third-order valence-electron chi connectivity index (χ3n) is 7.15. The first-order valence-corrected chi connectivity index (χ1v) is 11.2. The second kappa shape index (κ2) is 6.66. The highest BCUT2D eigenvalue weighted by Crippen LogP contribution is 2.50. The van der Waals surface area contributed by atoms with E-state index in [0.717, 1.165) is 32.7 Å². The fourth-order valence-corrected chi connectivity index (χ4v) is 5.62. The minimum absolute atomic E-state index is 0.0881. The lowest BCUT2D eigenvalue weighted by atomic mass is 9.91. The monoisotopic (exact) mass is 464 g/mol. The van der Waals surface area contributed by atoms with E-state index in [1.807, 2.05) is 6.07 Å². The molecule has 7 rings (SSSR count). The van der Waals surface area contributed by atoms with Gasteiger partial charge in [0.15, 0.2) is 5.78 Å². The summed E-state index contributed by atoms with van der Waals surface area (Å²) in [5.41, 5.74) is 1.71. The molecule has 0 aliphatic rings. The first-order valence-electron chi connectivity index (χ1n) is 11.2. The Balaban J connectivity index is 1.48. The molecule has 0 atom stereocenters. The van der Waals surface area contributed by atoms with Gasteiger partial charge in [0.25, 0.3) is 0 Å². The van der Waals surface area contributed by atoms with Crippen LogP contribution in [0.15, 0.2) is 78.9 Å². The molecule has 0 N–H and O–H groups in total. The summed E-state index contributed by atoms with van der Waals surface area (Å²) in [6.07, 6.45) is -6.22. The zero-order chi connectivity index (χ0) is 24.1. The van der Waals surface area contributed by atoms with Crippen molar-refractivity contribution in [3.63, 3.8) is 0 Å². The topological polar surface area (TPSA) is 34.1 Å². The smallest absolute Gasteiger partial charge is 0.294 e. The lowest BCUT2D eigenvalue weighted by Crippen LogP contribution is -2.25. The summed E-state index contributed by atoms with van der Waals surface area (Å²) in [5, 5.41) is 11.7. The van der Waals surface area contributed by atoms with Gasteiger partial charge in [-0.15, -0.1) is 0 Å². The number of benzene rings is 6. The Morgan fingerprint density at radius 2 is 1.17 bits per heavy atom. The van der Waals surface area contributed by atoms with E-state index >= 15 is 0 Å². The molecule has 0 bridgehead atoms. The average Bonchev–Trinajstić information content (AvgIpc) is 3.22. The molecule has 0 amide bonds. The Morgan fingerprint density at radius 1 is 0.629 bits per heavy atom. The highest BCUT2D eigenvalue weighted by atomic mass is 19.4. The SMILES string of the molecule is O=C(CC(=O)C(F)(F)F)c1cccc(-c2cc3ccc4ccc5ccc6ccc2c2c6c5c4c32)c1. The van der Waals surface area contributed by atoms with Crippen molar-refractivity contribution in [3.8, 4) is 11.1 Å². The fourth-order valence-electron chi connectivity index (χ4n) is 5.62. The van der Waals surface area contributed by atoms with Crippen molar-refractivity contribution in [2.24, 2.45) is 0 Å². The van der Waals surface area contributed by atoms with E-state index in [0.29, 0.717) is 0 Å². The number of ketones is 2. The van der Waals surface area contributed by atoms with Crippen LogP contribution < -0.4 is 0 Å². The van der Waals surface area contributed by atoms with Gasteiger partial charge in [-0.2, -0.15) is 13.2 Å². The molecule has 0 radical (unpaired) electrons. The van der Waals surface area contributed by atoms with Crippen molar-refractivity contribution in [2.45, 2.75) is 12.6 Å². The molecular weight excluding hydrogens is 449 g/mol. The Kier molecular flexibility index (Phi) is 3.84. The highest BCUT2D eigenvalue weighted by molar-refractivity contribution is 6.45. The molecule has 2 nitrogen and oxygen atoms in total. The molecule has 7 aromatic carbocycles. The molecular formula is C30H15F3O2. The Hall–Kier alpha value is -4.25. The van der Waals surface area contributed by atoms with Crippen LogP contribution in [0.3, 0.4) is 0 Å². The van der Waals surface area contributed by atoms with Crippen molar-refractivity contribution in [2.75, 3.05) is 0 Å². The number of rotatable bonds is 4. The standard InChI is InChI=1S/C30H15F3O2/c31-30(32,33)24(35)14-23(34)19-3-1-2-18(12-19)22-13-20-9-8-16-5-4-15-6-7-17-10-11-21(22)29-27(17)25(15)26(16)28(20)29/h1-13H,14H2. The van der Waals surface area contributed by atoms with E-state index < -0.39 is 24.2 Å². The van der Waals surface area contributed by atoms with Gasteiger partial charge in [0.05, 0.1) is 6.42 Å². The second-order valence-corrected chi connectivity index (χ2v) is 9.10. The van der Waals surface area contributed by atoms with Crippen LogP contribution in [0, 0.1) is 0 Å². The quantitative estimate of drug-likeness (QED) is 0.150. The average molecular weight is 464 g/mol. The number of carbonyl (C=O) groups excluding carboxylic acids is 2. The third kappa shape index (κ3) is 2.72. The summed E-state index contributed by atoms with van der Waals surface area (Å²) in [4.78, 5) is 23.9. The molecule has 35 heavy (non-hydrogen) atoms. The van der Waals surface area contributed by atoms with Gasteiger partial charge in [-0.1, -0.05) is 66.7 Å². The van der Waals surface area contributed by atoms with Crippen LogP contribution in [0.1, 0.15) is 16.8 Å². The molecule has 5 heteroatoms. The molecule has 0 unspecified atom stereocenters. The van der Waals surface area contributed by atoms with Crippen molar-refractivity contribution in [3.05, 3.63) is 84.4 Å². The summed E-state index contributed by atoms with van der Waals surface area (Å²) in [6.45, 7) is 0. The molecule has 0 spiro atoms. The first kappa shape index (κ1) is 20.2. The van der Waals surface area contributed by atoms with Crippen molar-refractivity contribution in [1.82, 2.24) is 0 Å². The molecule has 0 aliphatic heterocycles. The van der Waals surface area contributed by atoms with Gasteiger partial charge < -0.3 is 0 Å². The molecule has 0 saturated heterocycles. The lowest BCUT2D eigenvalue weighted by molar-refractivity contribution is -0.170. The minimum atomic E-state index is -5.02. The van der Waals surface area contributed by atoms with Crippen LogP contribution in [0.2, 0.25) is 0 Å². The van der Waals surface area contributed by atoms with Crippen LogP contribution in [0.4, 0.5) is 13.2 Å². The third-order valence-corrected chi connectivity index (χ3v) is 7.15. The molecule has 168 valence electrons. The van der Waals surface area contributed by atoms with E-state index in [9.17, 15) is 22.8 Å². The number of carbonyl (C=O) groups is 2. The van der Waals surface area contributed by atoms with Crippen LogP contribution in [0.5, 0.6) is 0 Å². The fraction of sp³-hybridized carbons (Fsp3) is 0.0667. The minimum Gasteiger partial charge on any atom is -0.294 e. The Labute approximate surface area is 196 Å². The predicted octanol–water partition coefficient (Wildman–Crippen LogP) is 8.14. The van der Waals surface area contributed by atoms with E-state index in [4.69, 9.17) is 0 Å². The highest BCUT2D eigenvalue weighted by Gasteiger charge is 2.39. The van der Waals surface area contributed by atoms with Gasteiger partial charge in [0.1, 0.15) is 0 Å². The van der Waals surface area contributed by atoms with Gasteiger partial charge in [0, 0.05) is 5.56 Å². The molecule has 0 heterocycles. The van der Waals surface area contributed by atoms with E-state index in [1.54, 1.807) is 12.1 Å². The maximum absolute atomic E-state index is 12.7. The van der Waals surface area contributed by atoms with E-state index in [2.05, 4.69) is 54.6 Å². The maximum Gasteiger partial charge on any atom is 0.450 e. The predicted molar refractivity (Wildman–Crippen MR) is 133 cm³/mol. The second-order valence-electron chi connectivity index (χ2n) is 9.10. The summed E-state index contributed by atoms with van der Waals surface area (Å²) >= 11 is 0. The number of hydrogen-bond donors (Lipinski definition) is 0. The lowest BCUT2D eigenvalue weighted by Gasteiger charge is -2.12. The zero-order valence-corrected chi connectivity index (χ0v) is 18.2. The molecule has 0 fully saturated rings. The molecule has 0 aromatic heterocycles. The summed E-state index contributed by atoms with van der Waals surface area (Å²) in [5.74, 6) is -2.88. The van der Waals surface area contributed by atoms with Crippen LogP contribution >= 0.6 is 0 Å². The maximum atomic E-state index is 12.7. The van der Waals surface area contributed by atoms with Gasteiger partial charge in [-0.3, -0.25) is 9.59 Å². The van der Waals surface area contributed by atoms with E-state index in [-0.39, 0.29) is 5.56 Å². The number of Topliss-reactive ketones (excluding diaryl/α,β-unsaturated/α-hetero) is 2. The molecule has 0 aliphatic carbocycles. The Morgan fingerprint density at radius 3 is 1.80 bits per heavy atom. The Bertz CT molecular complexity index is 1910. The van der Waals surface area contributed by atoms with Gasteiger partial charge in [-0.05, 0) is 77.1 Å². The summed E-state index contributed by atoms with van der Waals surface area (Å²) in [6, 6.07) is 25.5. The number of alkyl halides is 3. The number of hydrogen-bond acceptors (Lipinski definition) is 2. The largest absolute Gasteiger partial charge is 0.450 e. The number of halogens is 3. The molecule has 7 aromatic rings. The van der Waals surface area contributed by atoms with Gasteiger partial charge in [-0.25, -0.2) is 0 Å². The van der Waals surface area contributed by atoms with E-state index in [1.165, 1.54) is 38.4 Å². The zero-order valence-electron chi connectivity index (χ0n) is 18.2. The van der Waals surface area contributed by atoms with Gasteiger partial charge >= 0.3 is 6.18 Å². The normalized spacial score (nSPS) is 12.8. The van der Waals surface area contributed by atoms with Crippen molar-refractivity contribution in [1.29, 1.82) is 0 Å². The van der Waals surface area contributed by atoms with Crippen LogP contribution in [-0.4, -0.2) is 17.7 Å². The first-order chi connectivity index (χ1) is 16.8. The van der Waals surface area contributed by atoms with Gasteiger partial charge in [0.2, 0.25) is 5.78 Å². The van der Waals surface area contributed by atoms with Crippen LogP contribution in [-0.2, 0) is 4.79 Å².